The van der Waals surface area contributed by atoms with Crippen molar-refractivity contribution >= 4 is 11.6 Å². The Bertz CT molecular complexity index is 563. The lowest BCUT2D eigenvalue weighted by atomic mass is 10.2. The molecule has 0 saturated carbocycles. The number of halogens is 1. The molecule has 0 spiro atoms. The fourth-order valence-electron chi connectivity index (χ4n) is 1.86. The lowest BCUT2D eigenvalue weighted by Gasteiger charge is -2.06. The monoisotopic (exact) mass is 279 g/mol. The molecule has 2 rings (SSSR count). The lowest BCUT2D eigenvalue weighted by Crippen LogP contribution is -2.03. The molecule has 3 nitrogen and oxygen atoms in total. The SMILES string of the molecule is CNCc1cc(COc2ccc(Cl)c(C)c2)c(C)o1. The van der Waals surface area contributed by atoms with Crippen molar-refractivity contribution in [1.82, 2.24) is 5.32 Å². The maximum absolute atomic E-state index is 5.98. The van der Waals surface area contributed by atoms with E-state index in [0.29, 0.717) is 6.61 Å². The van der Waals surface area contributed by atoms with E-state index in [2.05, 4.69) is 5.32 Å². The molecular formula is C15H18ClNO2. The zero-order valence-electron chi connectivity index (χ0n) is 11.4. The normalized spacial score (nSPS) is 10.7. The molecule has 19 heavy (non-hydrogen) atoms. The Morgan fingerprint density at radius 1 is 1.26 bits per heavy atom. The van der Waals surface area contributed by atoms with Crippen molar-refractivity contribution in [3.63, 3.8) is 0 Å². The summed E-state index contributed by atoms with van der Waals surface area (Å²) in [5.74, 6) is 2.64. The van der Waals surface area contributed by atoms with Crippen molar-refractivity contribution in [2.45, 2.75) is 27.0 Å². The minimum Gasteiger partial charge on any atom is -0.489 e. The van der Waals surface area contributed by atoms with Gasteiger partial charge in [-0.05, 0) is 50.7 Å². The van der Waals surface area contributed by atoms with E-state index in [1.54, 1.807) is 0 Å². The smallest absolute Gasteiger partial charge is 0.120 e. The molecule has 0 saturated heterocycles. The van der Waals surface area contributed by atoms with Crippen molar-refractivity contribution in [3.05, 3.63) is 51.9 Å². The standard InChI is InChI=1S/C15H18ClNO2/c1-10-6-13(4-5-15(10)16)18-9-12-7-14(8-17-3)19-11(12)2/h4-7,17H,8-9H2,1-3H3. The molecule has 1 aromatic heterocycles. The molecule has 1 heterocycles. The summed E-state index contributed by atoms with van der Waals surface area (Å²) in [7, 11) is 1.89. The zero-order chi connectivity index (χ0) is 13.8. The second-order valence-electron chi connectivity index (χ2n) is 4.52. The zero-order valence-corrected chi connectivity index (χ0v) is 12.2. The van der Waals surface area contributed by atoms with Crippen LogP contribution >= 0.6 is 11.6 Å². The number of hydrogen-bond acceptors (Lipinski definition) is 3. The Morgan fingerprint density at radius 3 is 2.74 bits per heavy atom. The third kappa shape index (κ3) is 3.52. The predicted octanol–water partition coefficient (Wildman–Crippen LogP) is 3.85. The van der Waals surface area contributed by atoms with Gasteiger partial charge in [-0.2, -0.15) is 0 Å². The molecule has 0 aliphatic carbocycles. The van der Waals surface area contributed by atoms with Gasteiger partial charge in [-0.25, -0.2) is 0 Å². The van der Waals surface area contributed by atoms with Crippen molar-refractivity contribution in [2.24, 2.45) is 0 Å². The number of aryl methyl sites for hydroxylation is 2. The quantitative estimate of drug-likeness (QED) is 0.903. The van der Waals surface area contributed by atoms with Gasteiger partial charge in [0.1, 0.15) is 23.9 Å². The van der Waals surface area contributed by atoms with Crippen LogP contribution in [0.15, 0.2) is 28.7 Å². The Balaban J connectivity index is 2.03. The first-order valence-electron chi connectivity index (χ1n) is 6.22. The number of ether oxygens (including phenoxy) is 1. The summed E-state index contributed by atoms with van der Waals surface area (Å²) in [6.45, 7) is 5.13. The lowest BCUT2D eigenvalue weighted by molar-refractivity contribution is 0.303. The van der Waals surface area contributed by atoms with Crippen LogP contribution in [0.25, 0.3) is 0 Å². The maximum atomic E-state index is 5.98. The van der Waals surface area contributed by atoms with Gasteiger partial charge in [-0.1, -0.05) is 11.6 Å². The minimum atomic E-state index is 0.500. The van der Waals surface area contributed by atoms with Gasteiger partial charge >= 0.3 is 0 Å². The fraction of sp³-hybridized carbons (Fsp3) is 0.333. The van der Waals surface area contributed by atoms with Gasteiger partial charge in [-0.3, -0.25) is 0 Å². The largest absolute Gasteiger partial charge is 0.489 e. The summed E-state index contributed by atoms with van der Waals surface area (Å²) in [5.41, 5.74) is 2.08. The van der Waals surface area contributed by atoms with Crippen LogP contribution < -0.4 is 10.1 Å². The van der Waals surface area contributed by atoms with Crippen molar-refractivity contribution in [3.8, 4) is 5.75 Å². The van der Waals surface area contributed by atoms with E-state index in [9.17, 15) is 0 Å². The number of hydrogen-bond donors (Lipinski definition) is 1. The molecule has 2 aromatic rings. The molecule has 1 aromatic carbocycles. The van der Waals surface area contributed by atoms with Crippen LogP contribution in [0.1, 0.15) is 22.6 Å². The Hall–Kier alpha value is -1.45. The highest BCUT2D eigenvalue weighted by Gasteiger charge is 2.08. The Morgan fingerprint density at radius 2 is 2.05 bits per heavy atom. The molecule has 1 N–H and O–H groups in total. The molecule has 0 bridgehead atoms. The maximum Gasteiger partial charge on any atom is 0.120 e. The van der Waals surface area contributed by atoms with Crippen LogP contribution in [-0.2, 0) is 13.2 Å². The third-order valence-corrected chi connectivity index (χ3v) is 3.37. The van der Waals surface area contributed by atoms with Gasteiger partial charge in [0.15, 0.2) is 0 Å². The van der Waals surface area contributed by atoms with Crippen molar-refractivity contribution in [1.29, 1.82) is 0 Å². The summed E-state index contributed by atoms with van der Waals surface area (Å²) in [4.78, 5) is 0. The number of furan rings is 1. The molecular weight excluding hydrogens is 262 g/mol. The van der Waals surface area contributed by atoms with E-state index in [-0.39, 0.29) is 0 Å². The molecule has 0 unspecified atom stereocenters. The highest BCUT2D eigenvalue weighted by Crippen LogP contribution is 2.23. The highest BCUT2D eigenvalue weighted by atomic mass is 35.5. The van der Waals surface area contributed by atoms with Crippen LogP contribution in [0.5, 0.6) is 5.75 Å². The Kier molecular flexibility index (Phi) is 4.51. The molecule has 0 radical (unpaired) electrons. The van der Waals surface area contributed by atoms with Crippen molar-refractivity contribution < 1.29 is 9.15 Å². The number of nitrogens with one attached hydrogen (secondary N) is 1. The van der Waals surface area contributed by atoms with E-state index in [1.807, 2.05) is 45.2 Å². The molecule has 0 atom stereocenters. The molecule has 0 aliphatic heterocycles. The fourth-order valence-corrected chi connectivity index (χ4v) is 1.98. The first-order chi connectivity index (χ1) is 9.10. The van der Waals surface area contributed by atoms with Gasteiger partial charge in [0, 0.05) is 10.6 Å². The summed E-state index contributed by atoms with van der Waals surface area (Å²) in [5, 5.41) is 3.82. The van der Waals surface area contributed by atoms with Crippen LogP contribution in [0.2, 0.25) is 5.02 Å². The summed E-state index contributed by atoms with van der Waals surface area (Å²) >= 11 is 5.98. The highest BCUT2D eigenvalue weighted by molar-refractivity contribution is 6.31. The van der Waals surface area contributed by atoms with Crippen LogP contribution in [0.4, 0.5) is 0 Å². The van der Waals surface area contributed by atoms with Gasteiger partial charge in [0.25, 0.3) is 0 Å². The molecule has 4 heteroatoms. The van der Waals surface area contributed by atoms with Crippen LogP contribution in [0.3, 0.4) is 0 Å². The molecule has 0 aliphatic rings. The van der Waals surface area contributed by atoms with Crippen molar-refractivity contribution in [2.75, 3.05) is 7.05 Å². The predicted molar refractivity (Wildman–Crippen MR) is 76.7 cm³/mol. The second kappa shape index (κ2) is 6.13. The first-order valence-corrected chi connectivity index (χ1v) is 6.59. The topological polar surface area (TPSA) is 34.4 Å². The Labute approximate surface area is 118 Å². The van der Waals surface area contributed by atoms with Gasteiger partial charge in [0.2, 0.25) is 0 Å². The summed E-state index contributed by atoms with van der Waals surface area (Å²) in [6.07, 6.45) is 0. The number of rotatable bonds is 5. The average molecular weight is 280 g/mol. The van der Waals surface area contributed by atoms with Gasteiger partial charge in [0.05, 0.1) is 6.54 Å². The van der Waals surface area contributed by atoms with Gasteiger partial charge in [-0.15, -0.1) is 0 Å². The average Bonchev–Trinajstić information content (AvgIpc) is 2.72. The van der Waals surface area contributed by atoms with E-state index in [1.165, 1.54) is 0 Å². The summed E-state index contributed by atoms with van der Waals surface area (Å²) in [6, 6.07) is 7.68. The third-order valence-electron chi connectivity index (χ3n) is 2.95. The minimum absolute atomic E-state index is 0.500. The van der Waals surface area contributed by atoms with E-state index in [4.69, 9.17) is 20.8 Å². The van der Waals surface area contributed by atoms with E-state index < -0.39 is 0 Å². The molecule has 0 amide bonds. The second-order valence-corrected chi connectivity index (χ2v) is 4.93. The van der Waals surface area contributed by atoms with E-state index >= 15 is 0 Å². The van der Waals surface area contributed by atoms with Gasteiger partial charge < -0.3 is 14.5 Å². The molecule has 0 fully saturated rings. The summed E-state index contributed by atoms with van der Waals surface area (Å²) < 4.78 is 11.4. The van der Waals surface area contributed by atoms with Crippen LogP contribution in [-0.4, -0.2) is 7.05 Å². The van der Waals surface area contributed by atoms with E-state index in [0.717, 1.165) is 40.0 Å². The number of benzene rings is 1. The molecule has 102 valence electrons. The van der Waals surface area contributed by atoms with Crippen LogP contribution in [0, 0.1) is 13.8 Å². The first kappa shape index (κ1) is 14.0.